The number of hydrogen-bond acceptors (Lipinski definition) is 3. The van der Waals surface area contributed by atoms with E-state index < -0.39 is 5.97 Å². The van der Waals surface area contributed by atoms with Crippen molar-refractivity contribution in [3.8, 4) is 0 Å². The monoisotopic (exact) mass is 282 g/mol. The molecule has 20 heavy (non-hydrogen) atoms. The Bertz CT molecular complexity index is 356. The van der Waals surface area contributed by atoms with Crippen LogP contribution in [0.3, 0.4) is 0 Å². The Morgan fingerprint density at radius 1 is 1.30 bits per heavy atom. The predicted molar refractivity (Wildman–Crippen MR) is 76.4 cm³/mol. The van der Waals surface area contributed by atoms with Gasteiger partial charge in [-0.1, -0.05) is 0 Å². The summed E-state index contributed by atoms with van der Waals surface area (Å²) in [6.45, 7) is 4.50. The molecule has 0 spiro atoms. The molecule has 0 aromatic rings. The quantitative estimate of drug-likeness (QED) is 0.822. The maximum Gasteiger partial charge on any atom is 0.303 e. The first-order chi connectivity index (χ1) is 9.51. The zero-order valence-corrected chi connectivity index (χ0v) is 12.4. The van der Waals surface area contributed by atoms with E-state index >= 15 is 0 Å². The van der Waals surface area contributed by atoms with Crippen molar-refractivity contribution in [1.82, 2.24) is 10.2 Å². The number of likely N-dealkylation sites (tertiary alicyclic amines) is 1. The number of carbonyl (C=O) groups is 2. The van der Waals surface area contributed by atoms with Gasteiger partial charge < -0.3 is 15.3 Å². The Morgan fingerprint density at radius 2 is 2.00 bits per heavy atom. The maximum atomic E-state index is 12.6. The van der Waals surface area contributed by atoms with Crippen LogP contribution in [0, 0.1) is 5.92 Å². The van der Waals surface area contributed by atoms with Gasteiger partial charge in [0, 0.05) is 19.5 Å². The van der Waals surface area contributed by atoms with E-state index in [1.807, 2.05) is 11.8 Å². The highest BCUT2D eigenvalue weighted by atomic mass is 16.4. The molecule has 2 saturated heterocycles. The highest BCUT2D eigenvalue weighted by Crippen LogP contribution is 2.26. The predicted octanol–water partition coefficient (Wildman–Crippen LogP) is 1.62. The summed E-state index contributed by atoms with van der Waals surface area (Å²) in [6.07, 6.45) is 6.06. The maximum absolute atomic E-state index is 12.6. The number of hydrogen-bond donors (Lipinski definition) is 2. The van der Waals surface area contributed by atoms with Crippen molar-refractivity contribution in [2.45, 2.75) is 57.4 Å². The normalized spacial score (nSPS) is 28.4. The second-order valence-corrected chi connectivity index (χ2v) is 6.38. The minimum atomic E-state index is -0.720. The van der Waals surface area contributed by atoms with Gasteiger partial charge in [-0.25, -0.2) is 0 Å². The molecule has 1 amide bonds. The molecule has 2 N–H and O–H groups in total. The van der Waals surface area contributed by atoms with E-state index in [9.17, 15) is 9.59 Å². The molecule has 0 aromatic carbocycles. The van der Waals surface area contributed by atoms with Crippen LogP contribution in [0.2, 0.25) is 0 Å². The molecule has 2 aliphatic rings. The molecule has 0 aromatic heterocycles. The number of carboxylic acids is 1. The van der Waals surface area contributed by atoms with Crippen LogP contribution in [0.1, 0.15) is 51.9 Å². The number of nitrogens with one attached hydrogen (secondary N) is 1. The summed E-state index contributed by atoms with van der Waals surface area (Å²) in [7, 11) is 0. The van der Waals surface area contributed by atoms with E-state index in [2.05, 4.69) is 5.32 Å². The van der Waals surface area contributed by atoms with Crippen molar-refractivity contribution < 1.29 is 14.7 Å². The van der Waals surface area contributed by atoms with Gasteiger partial charge in [-0.2, -0.15) is 0 Å². The number of amides is 1. The molecule has 0 bridgehead atoms. The Hall–Kier alpha value is -1.10. The summed E-state index contributed by atoms with van der Waals surface area (Å²) in [5.74, 6) is -0.0291. The lowest BCUT2D eigenvalue weighted by atomic mass is 9.87. The molecular weight excluding hydrogens is 256 g/mol. The molecule has 1 atom stereocenters. The fourth-order valence-electron chi connectivity index (χ4n) is 3.34. The van der Waals surface area contributed by atoms with E-state index in [1.165, 1.54) is 0 Å². The van der Waals surface area contributed by atoms with Gasteiger partial charge >= 0.3 is 5.97 Å². The standard InChI is InChI=1S/C15H26N2O3/c1-15(8-2-3-9-16-15)14(20)17-10-6-12(7-11-17)4-5-13(18)19/h12,16H,2-11H2,1H3,(H,18,19). The second-order valence-electron chi connectivity index (χ2n) is 6.38. The largest absolute Gasteiger partial charge is 0.481 e. The van der Waals surface area contributed by atoms with Crippen LogP contribution in [0.5, 0.6) is 0 Å². The molecule has 5 heteroatoms. The van der Waals surface area contributed by atoms with Gasteiger partial charge in [0.25, 0.3) is 0 Å². The first-order valence-corrected chi connectivity index (χ1v) is 7.77. The van der Waals surface area contributed by atoms with Crippen LogP contribution in [0.4, 0.5) is 0 Å². The molecule has 5 nitrogen and oxygen atoms in total. The van der Waals surface area contributed by atoms with Gasteiger partial charge in [0.15, 0.2) is 0 Å². The minimum Gasteiger partial charge on any atom is -0.481 e. The summed E-state index contributed by atoms with van der Waals surface area (Å²) >= 11 is 0. The summed E-state index contributed by atoms with van der Waals surface area (Å²) in [6, 6.07) is 0. The van der Waals surface area contributed by atoms with Gasteiger partial charge in [0.1, 0.15) is 0 Å². The van der Waals surface area contributed by atoms with Crippen molar-refractivity contribution in [1.29, 1.82) is 0 Å². The van der Waals surface area contributed by atoms with Gasteiger partial charge in [-0.05, 0) is 57.9 Å². The van der Waals surface area contributed by atoms with Gasteiger partial charge in [0.05, 0.1) is 5.54 Å². The van der Waals surface area contributed by atoms with Gasteiger partial charge in [0.2, 0.25) is 5.91 Å². The fourth-order valence-corrected chi connectivity index (χ4v) is 3.34. The second kappa shape index (κ2) is 6.57. The summed E-state index contributed by atoms with van der Waals surface area (Å²) in [4.78, 5) is 25.2. The Balaban J connectivity index is 1.81. The number of carbonyl (C=O) groups excluding carboxylic acids is 1. The third-order valence-electron chi connectivity index (χ3n) is 4.76. The third-order valence-corrected chi connectivity index (χ3v) is 4.76. The fraction of sp³-hybridized carbons (Fsp3) is 0.867. The first kappa shape index (κ1) is 15.3. The lowest BCUT2D eigenvalue weighted by Crippen LogP contribution is -2.59. The zero-order valence-electron chi connectivity index (χ0n) is 12.4. The molecule has 114 valence electrons. The molecule has 0 radical (unpaired) electrons. The van der Waals surface area contributed by atoms with Crippen molar-refractivity contribution >= 4 is 11.9 Å². The highest BCUT2D eigenvalue weighted by molar-refractivity contribution is 5.86. The summed E-state index contributed by atoms with van der Waals surface area (Å²) < 4.78 is 0. The first-order valence-electron chi connectivity index (χ1n) is 7.77. The van der Waals surface area contributed by atoms with Crippen molar-refractivity contribution in [3.63, 3.8) is 0 Å². The van der Waals surface area contributed by atoms with E-state index in [4.69, 9.17) is 5.11 Å². The molecule has 2 heterocycles. The van der Waals surface area contributed by atoms with Crippen molar-refractivity contribution in [3.05, 3.63) is 0 Å². The number of aliphatic carboxylic acids is 1. The molecule has 1 unspecified atom stereocenters. The third kappa shape index (κ3) is 3.72. The van der Waals surface area contributed by atoms with Crippen LogP contribution in [0.25, 0.3) is 0 Å². The number of rotatable bonds is 4. The molecular formula is C15H26N2O3. The topological polar surface area (TPSA) is 69.6 Å². The molecule has 2 fully saturated rings. The summed E-state index contributed by atoms with van der Waals surface area (Å²) in [5.41, 5.74) is -0.383. The number of nitrogens with zero attached hydrogens (tertiary/aromatic N) is 1. The van der Waals surface area contributed by atoms with Gasteiger partial charge in [-0.3, -0.25) is 9.59 Å². The molecule has 2 aliphatic heterocycles. The van der Waals surface area contributed by atoms with E-state index in [-0.39, 0.29) is 17.9 Å². The van der Waals surface area contributed by atoms with Crippen LogP contribution < -0.4 is 5.32 Å². The summed E-state index contributed by atoms with van der Waals surface area (Å²) in [5, 5.41) is 12.1. The van der Waals surface area contributed by atoms with Crippen molar-refractivity contribution in [2.75, 3.05) is 19.6 Å². The molecule has 2 rings (SSSR count). The lowest BCUT2D eigenvalue weighted by Gasteiger charge is -2.40. The highest BCUT2D eigenvalue weighted by Gasteiger charge is 2.38. The van der Waals surface area contributed by atoms with E-state index in [0.29, 0.717) is 5.92 Å². The van der Waals surface area contributed by atoms with Crippen molar-refractivity contribution in [2.24, 2.45) is 5.92 Å². The van der Waals surface area contributed by atoms with Crippen LogP contribution >= 0.6 is 0 Å². The Kier molecular flexibility index (Phi) is 5.02. The Labute approximate surface area is 120 Å². The van der Waals surface area contributed by atoms with E-state index in [0.717, 1.165) is 58.2 Å². The minimum absolute atomic E-state index is 0.230. The van der Waals surface area contributed by atoms with E-state index in [1.54, 1.807) is 0 Å². The molecule has 0 saturated carbocycles. The SMILES string of the molecule is CC1(C(=O)N2CCC(CCC(=O)O)CC2)CCCCN1. The Morgan fingerprint density at radius 3 is 2.55 bits per heavy atom. The number of piperidine rings is 2. The average Bonchev–Trinajstić information content (AvgIpc) is 2.45. The van der Waals surface area contributed by atoms with Crippen LogP contribution in [0.15, 0.2) is 0 Å². The zero-order chi connectivity index (χ0) is 14.6. The smallest absolute Gasteiger partial charge is 0.303 e. The van der Waals surface area contributed by atoms with Crippen LogP contribution in [-0.2, 0) is 9.59 Å². The lowest BCUT2D eigenvalue weighted by molar-refractivity contribution is -0.141. The van der Waals surface area contributed by atoms with Crippen LogP contribution in [-0.4, -0.2) is 47.1 Å². The number of carboxylic acid groups (broad SMARTS) is 1. The molecule has 0 aliphatic carbocycles. The van der Waals surface area contributed by atoms with Gasteiger partial charge in [-0.15, -0.1) is 0 Å². The average molecular weight is 282 g/mol.